The molecule has 0 N–H and O–H groups in total. The zero-order chi connectivity index (χ0) is 17.8. The Morgan fingerprint density at radius 3 is 2.72 bits per heavy atom. The van der Waals surface area contributed by atoms with Gasteiger partial charge in [0.05, 0.1) is 10.5 Å². The number of nitrogens with zero attached hydrogens (tertiary/aromatic N) is 4. The van der Waals surface area contributed by atoms with Crippen molar-refractivity contribution in [2.45, 2.75) is 32.8 Å². The van der Waals surface area contributed by atoms with Gasteiger partial charge in [-0.05, 0) is 31.4 Å². The van der Waals surface area contributed by atoms with Crippen LogP contribution in [0.2, 0.25) is 0 Å². The summed E-state index contributed by atoms with van der Waals surface area (Å²) in [4.78, 5) is 25.1. The highest BCUT2D eigenvalue weighted by Crippen LogP contribution is 2.31. The molecular formula is C16H18N4O5. The summed E-state index contributed by atoms with van der Waals surface area (Å²) in [7, 11) is 0. The van der Waals surface area contributed by atoms with Crippen LogP contribution >= 0.6 is 0 Å². The molecule has 2 aromatic rings. The van der Waals surface area contributed by atoms with Crippen LogP contribution in [0, 0.1) is 17.0 Å². The lowest BCUT2D eigenvalue weighted by Gasteiger charge is -2.28. The van der Waals surface area contributed by atoms with Crippen molar-refractivity contribution in [3.05, 3.63) is 45.7 Å². The van der Waals surface area contributed by atoms with E-state index in [1.165, 1.54) is 6.07 Å². The number of benzene rings is 1. The van der Waals surface area contributed by atoms with Gasteiger partial charge in [-0.1, -0.05) is 0 Å². The quantitative estimate of drug-likeness (QED) is 0.461. The van der Waals surface area contributed by atoms with Crippen molar-refractivity contribution < 1.29 is 18.9 Å². The van der Waals surface area contributed by atoms with Crippen molar-refractivity contribution in [1.82, 2.24) is 10.2 Å². The summed E-state index contributed by atoms with van der Waals surface area (Å²) >= 11 is 0. The molecule has 0 bridgehead atoms. The van der Waals surface area contributed by atoms with Gasteiger partial charge in [0, 0.05) is 26.1 Å². The molecule has 0 saturated carbocycles. The summed E-state index contributed by atoms with van der Waals surface area (Å²) in [5.41, 5.74) is 0.558. The highest BCUT2D eigenvalue weighted by molar-refractivity contribution is 5.91. The Morgan fingerprint density at radius 2 is 2.08 bits per heavy atom. The first kappa shape index (κ1) is 16.9. The number of carbonyl (C=O) groups is 1. The molecule has 1 aromatic heterocycles. The van der Waals surface area contributed by atoms with Gasteiger partial charge in [0.2, 0.25) is 5.89 Å². The van der Waals surface area contributed by atoms with E-state index < -0.39 is 10.9 Å². The number of aryl methyl sites for hydroxylation is 1. The Balaban J connectivity index is 1.76. The van der Waals surface area contributed by atoms with Crippen molar-refractivity contribution >= 4 is 17.3 Å². The van der Waals surface area contributed by atoms with Gasteiger partial charge in [-0.2, -0.15) is 0 Å². The second-order valence-corrected chi connectivity index (χ2v) is 5.80. The minimum atomic E-state index is -0.677. The van der Waals surface area contributed by atoms with Crippen LogP contribution in [0.4, 0.5) is 11.4 Å². The van der Waals surface area contributed by atoms with Crippen molar-refractivity contribution in [3.8, 4) is 0 Å². The smallest absolute Gasteiger partial charge is 0.338 e. The van der Waals surface area contributed by atoms with Crippen LogP contribution in [-0.4, -0.2) is 34.2 Å². The van der Waals surface area contributed by atoms with Gasteiger partial charge >= 0.3 is 5.97 Å². The van der Waals surface area contributed by atoms with Crippen LogP contribution in [0.25, 0.3) is 0 Å². The maximum absolute atomic E-state index is 12.1. The number of hydrogen-bond acceptors (Lipinski definition) is 8. The Hall–Kier alpha value is -2.97. The Bertz CT molecular complexity index is 783. The van der Waals surface area contributed by atoms with Gasteiger partial charge in [-0.3, -0.25) is 10.1 Å². The molecule has 9 heteroatoms. The van der Waals surface area contributed by atoms with E-state index in [1.807, 2.05) is 4.90 Å². The minimum Gasteiger partial charge on any atom is -0.452 e. The number of piperidine rings is 1. The summed E-state index contributed by atoms with van der Waals surface area (Å²) in [6.45, 7) is 3.00. The molecule has 2 heterocycles. The number of ether oxygens (including phenoxy) is 1. The molecule has 3 rings (SSSR count). The van der Waals surface area contributed by atoms with E-state index in [2.05, 4.69) is 10.2 Å². The fourth-order valence-corrected chi connectivity index (χ4v) is 2.81. The summed E-state index contributed by atoms with van der Waals surface area (Å²) in [5, 5.41) is 18.8. The van der Waals surface area contributed by atoms with E-state index in [0.717, 1.165) is 32.4 Å². The zero-order valence-electron chi connectivity index (χ0n) is 13.8. The molecule has 0 atom stereocenters. The fourth-order valence-electron chi connectivity index (χ4n) is 2.81. The molecule has 0 unspecified atom stereocenters. The number of anilines is 1. The SMILES string of the molecule is Cc1nnc(COC(=O)c2ccc(N3CCCCC3)c([N+](=O)[O-])c2)o1. The van der Waals surface area contributed by atoms with Gasteiger partial charge in [0.15, 0.2) is 6.61 Å². The van der Waals surface area contributed by atoms with Gasteiger partial charge < -0.3 is 14.1 Å². The Kier molecular flexibility index (Phi) is 4.92. The number of aromatic nitrogens is 2. The average Bonchev–Trinajstić information content (AvgIpc) is 3.05. The molecule has 1 aliphatic rings. The number of rotatable bonds is 5. The molecule has 1 aromatic carbocycles. The summed E-state index contributed by atoms with van der Waals surface area (Å²) in [6, 6.07) is 4.40. The lowest BCUT2D eigenvalue weighted by molar-refractivity contribution is -0.384. The molecule has 132 valence electrons. The van der Waals surface area contributed by atoms with E-state index >= 15 is 0 Å². The molecule has 0 aliphatic carbocycles. The topological polar surface area (TPSA) is 112 Å². The highest BCUT2D eigenvalue weighted by Gasteiger charge is 2.23. The summed E-state index contributed by atoms with van der Waals surface area (Å²) < 4.78 is 10.2. The average molecular weight is 346 g/mol. The van der Waals surface area contributed by atoms with Gasteiger partial charge in [-0.25, -0.2) is 4.79 Å². The predicted molar refractivity (Wildman–Crippen MR) is 87.3 cm³/mol. The van der Waals surface area contributed by atoms with E-state index in [1.54, 1.807) is 19.1 Å². The largest absolute Gasteiger partial charge is 0.452 e. The first-order valence-corrected chi connectivity index (χ1v) is 8.04. The van der Waals surface area contributed by atoms with Gasteiger partial charge in [0.25, 0.3) is 11.6 Å². The fraction of sp³-hybridized carbons (Fsp3) is 0.438. The van der Waals surface area contributed by atoms with Crippen LogP contribution in [0.15, 0.2) is 22.6 Å². The third kappa shape index (κ3) is 3.93. The Labute approximate surface area is 143 Å². The van der Waals surface area contributed by atoms with E-state index in [0.29, 0.717) is 11.6 Å². The monoisotopic (exact) mass is 346 g/mol. The number of esters is 1. The minimum absolute atomic E-state index is 0.0926. The third-order valence-electron chi connectivity index (χ3n) is 4.00. The second kappa shape index (κ2) is 7.29. The third-order valence-corrected chi connectivity index (χ3v) is 4.00. The number of hydrogen-bond donors (Lipinski definition) is 0. The van der Waals surface area contributed by atoms with Crippen molar-refractivity contribution in [2.75, 3.05) is 18.0 Å². The first-order chi connectivity index (χ1) is 12.0. The molecule has 9 nitrogen and oxygen atoms in total. The van der Waals surface area contributed by atoms with Crippen LogP contribution in [0.1, 0.15) is 41.4 Å². The summed E-state index contributed by atoms with van der Waals surface area (Å²) in [6.07, 6.45) is 3.14. The second-order valence-electron chi connectivity index (χ2n) is 5.80. The maximum atomic E-state index is 12.1. The van der Waals surface area contributed by atoms with E-state index in [-0.39, 0.29) is 23.7 Å². The highest BCUT2D eigenvalue weighted by atomic mass is 16.6. The first-order valence-electron chi connectivity index (χ1n) is 8.04. The molecule has 0 amide bonds. The Morgan fingerprint density at radius 1 is 1.32 bits per heavy atom. The standard InChI is InChI=1S/C16H18N4O5/c1-11-17-18-15(25-11)10-24-16(21)12-5-6-13(14(9-12)20(22)23)19-7-3-2-4-8-19/h5-6,9H,2-4,7-8,10H2,1H3. The van der Waals surface area contributed by atoms with Gasteiger partial charge in [-0.15, -0.1) is 10.2 Å². The summed E-state index contributed by atoms with van der Waals surface area (Å²) in [5.74, 6) is -0.137. The lowest BCUT2D eigenvalue weighted by Crippen LogP contribution is -2.30. The molecule has 1 fully saturated rings. The lowest BCUT2D eigenvalue weighted by atomic mass is 10.1. The van der Waals surface area contributed by atoms with Crippen LogP contribution in [-0.2, 0) is 11.3 Å². The van der Waals surface area contributed by atoms with Crippen molar-refractivity contribution in [1.29, 1.82) is 0 Å². The maximum Gasteiger partial charge on any atom is 0.338 e. The molecule has 25 heavy (non-hydrogen) atoms. The molecule has 1 aliphatic heterocycles. The van der Waals surface area contributed by atoms with Crippen LogP contribution in [0.3, 0.4) is 0 Å². The molecular weight excluding hydrogens is 328 g/mol. The normalized spacial score (nSPS) is 14.4. The van der Waals surface area contributed by atoms with Gasteiger partial charge in [0.1, 0.15) is 5.69 Å². The zero-order valence-corrected chi connectivity index (χ0v) is 13.8. The molecule has 0 radical (unpaired) electrons. The van der Waals surface area contributed by atoms with E-state index in [4.69, 9.17) is 9.15 Å². The predicted octanol–water partition coefficient (Wildman–Crippen LogP) is 2.63. The number of nitro groups is 1. The van der Waals surface area contributed by atoms with Crippen LogP contribution in [0.5, 0.6) is 0 Å². The van der Waals surface area contributed by atoms with Crippen molar-refractivity contribution in [3.63, 3.8) is 0 Å². The molecule has 0 spiro atoms. The van der Waals surface area contributed by atoms with E-state index in [9.17, 15) is 14.9 Å². The van der Waals surface area contributed by atoms with Crippen molar-refractivity contribution in [2.24, 2.45) is 0 Å². The number of nitro benzene ring substituents is 1. The van der Waals surface area contributed by atoms with Crippen LogP contribution < -0.4 is 4.90 Å². The molecule has 1 saturated heterocycles. The number of carbonyl (C=O) groups excluding carboxylic acids is 1.